The van der Waals surface area contributed by atoms with Gasteiger partial charge >= 0.3 is 5.97 Å². The molecule has 0 amide bonds. The summed E-state index contributed by atoms with van der Waals surface area (Å²) in [4.78, 5) is 18.3. The SMILES string of the molecule is O=C(O)COc1cnc(-c2ccccc2O)nc1. The summed E-state index contributed by atoms with van der Waals surface area (Å²) >= 11 is 0. The lowest BCUT2D eigenvalue weighted by Crippen LogP contribution is -2.09. The monoisotopic (exact) mass is 246 g/mol. The van der Waals surface area contributed by atoms with Crippen molar-refractivity contribution in [1.29, 1.82) is 0 Å². The van der Waals surface area contributed by atoms with Crippen LogP contribution in [-0.4, -0.2) is 32.8 Å². The Kier molecular flexibility index (Phi) is 3.38. The molecule has 0 aliphatic rings. The van der Waals surface area contributed by atoms with Crippen molar-refractivity contribution in [2.75, 3.05) is 6.61 Å². The molecule has 6 nitrogen and oxygen atoms in total. The first-order chi connectivity index (χ1) is 8.66. The number of hydrogen-bond acceptors (Lipinski definition) is 5. The number of benzene rings is 1. The molecule has 2 aromatic rings. The van der Waals surface area contributed by atoms with Crippen LogP contribution in [0.1, 0.15) is 0 Å². The number of phenols is 1. The van der Waals surface area contributed by atoms with Gasteiger partial charge in [-0.2, -0.15) is 0 Å². The maximum absolute atomic E-state index is 10.3. The predicted octanol–water partition coefficient (Wildman–Crippen LogP) is 1.31. The Morgan fingerprint density at radius 3 is 2.50 bits per heavy atom. The highest BCUT2D eigenvalue weighted by Crippen LogP contribution is 2.25. The number of aliphatic carboxylic acids is 1. The van der Waals surface area contributed by atoms with Crippen LogP contribution in [0, 0.1) is 0 Å². The smallest absolute Gasteiger partial charge is 0.341 e. The van der Waals surface area contributed by atoms with E-state index in [0.717, 1.165) is 0 Å². The fourth-order valence-electron chi connectivity index (χ4n) is 1.34. The lowest BCUT2D eigenvalue weighted by Gasteiger charge is -2.04. The van der Waals surface area contributed by atoms with E-state index in [0.29, 0.717) is 11.4 Å². The Morgan fingerprint density at radius 2 is 1.89 bits per heavy atom. The van der Waals surface area contributed by atoms with Gasteiger partial charge in [-0.3, -0.25) is 0 Å². The number of hydrogen-bond donors (Lipinski definition) is 2. The van der Waals surface area contributed by atoms with E-state index in [-0.39, 0.29) is 11.5 Å². The normalized spacial score (nSPS) is 10.0. The van der Waals surface area contributed by atoms with Crippen LogP contribution in [0.2, 0.25) is 0 Å². The lowest BCUT2D eigenvalue weighted by atomic mass is 10.2. The Bertz CT molecular complexity index is 554. The first-order valence-corrected chi connectivity index (χ1v) is 5.12. The summed E-state index contributed by atoms with van der Waals surface area (Å²) < 4.78 is 4.90. The van der Waals surface area contributed by atoms with Gasteiger partial charge in [-0.05, 0) is 12.1 Å². The molecule has 0 bridgehead atoms. The molecule has 18 heavy (non-hydrogen) atoms. The van der Waals surface area contributed by atoms with Crippen LogP contribution in [0.3, 0.4) is 0 Å². The first kappa shape index (κ1) is 11.8. The van der Waals surface area contributed by atoms with Crippen LogP contribution < -0.4 is 4.74 Å². The lowest BCUT2D eigenvalue weighted by molar-refractivity contribution is -0.139. The second-order valence-electron chi connectivity index (χ2n) is 3.44. The molecule has 0 atom stereocenters. The molecule has 0 aliphatic heterocycles. The van der Waals surface area contributed by atoms with Crippen LogP contribution >= 0.6 is 0 Å². The maximum Gasteiger partial charge on any atom is 0.341 e. The molecule has 0 radical (unpaired) electrons. The largest absolute Gasteiger partial charge is 0.507 e. The molecule has 6 heteroatoms. The summed E-state index contributed by atoms with van der Waals surface area (Å²) in [6, 6.07) is 6.67. The van der Waals surface area contributed by atoms with E-state index in [2.05, 4.69) is 9.97 Å². The van der Waals surface area contributed by atoms with Gasteiger partial charge in [-0.15, -0.1) is 0 Å². The second kappa shape index (κ2) is 5.13. The Balaban J connectivity index is 2.17. The van der Waals surface area contributed by atoms with Crippen molar-refractivity contribution in [3.05, 3.63) is 36.7 Å². The van der Waals surface area contributed by atoms with Gasteiger partial charge in [-0.1, -0.05) is 12.1 Å². The molecule has 0 unspecified atom stereocenters. The van der Waals surface area contributed by atoms with Crippen LogP contribution in [0.25, 0.3) is 11.4 Å². The number of nitrogens with zero attached hydrogens (tertiary/aromatic N) is 2. The average Bonchev–Trinajstić information content (AvgIpc) is 2.38. The number of phenolic OH excluding ortho intramolecular Hbond substituents is 1. The molecule has 92 valence electrons. The molecule has 2 N–H and O–H groups in total. The van der Waals surface area contributed by atoms with Crippen molar-refractivity contribution in [3.8, 4) is 22.9 Å². The predicted molar refractivity (Wildman–Crippen MR) is 62.3 cm³/mol. The van der Waals surface area contributed by atoms with Crippen molar-refractivity contribution in [3.63, 3.8) is 0 Å². The van der Waals surface area contributed by atoms with E-state index in [4.69, 9.17) is 9.84 Å². The fraction of sp³-hybridized carbons (Fsp3) is 0.0833. The van der Waals surface area contributed by atoms with Crippen LogP contribution in [-0.2, 0) is 4.79 Å². The number of para-hydroxylation sites is 1. The number of carboxylic acids is 1. The zero-order chi connectivity index (χ0) is 13.0. The van der Waals surface area contributed by atoms with Crippen molar-refractivity contribution in [2.45, 2.75) is 0 Å². The van der Waals surface area contributed by atoms with Gasteiger partial charge in [0.1, 0.15) is 5.75 Å². The fourth-order valence-corrected chi connectivity index (χ4v) is 1.34. The zero-order valence-electron chi connectivity index (χ0n) is 9.28. The number of rotatable bonds is 4. The van der Waals surface area contributed by atoms with Crippen molar-refractivity contribution >= 4 is 5.97 Å². The van der Waals surface area contributed by atoms with Gasteiger partial charge in [0.15, 0.2) is 18.2 Å². The molecule has 0 fully saturated rings. The first-order valence-electron chi connectivity index (χ1n) is 5.12. The van der Waals surface area contributed by atoms with E-state index in [1.807, 2.05) is 0 Å². The maximum atomic E-state index is 10.3. The van der Waals surface area contributed by atoms with Crippen LogP contribution in [0.5, 0.6) is 11.5 Å². The third-order valence-electron chi connectivity index (χ3n) is 2.14. The minimum Gasteiger partial charge on any atom is -0.507 e. The Hall–Kier alpha value is -2.63. The summed E-state index contributed by atoms with van der Waals surface area (Å²) in [5, 5.41) is 18.1. The van der Waals surface area contributed by atoms with Crippen LogP contribution in [0.4, 0.5) is 0 Å². The summed E-state index contributed by atoms with van der Waals surface area (Å²) in [7, 11) is 0. The number of carbonyl (C=O) groups is 1. The molecular formula is C12H10N2O4. The zero-order valence-corrected chi connectivity index (χ0v) is 9.28. The number of carboxylic acid groups (broad SMARTS) is 1. The number of aromatic nitrogens is 2. The molecule has 2 rings (SSSR count). The Labute approximate surface area is 103 Å². The molecule has 0 aliphatic carbocycles. The number of aromatic hydroxyl groups is 1. The summed E-state index contributed by atoms with van der Waals surface area (Å²) in [6.07, 6.45) is 2.72. The molecule has 1 aromatic carbocycles. The molecule has 1 aromatic heterocycles. The molecular weight excluding hydrogens is 236 g/mol. The van der Waals surface area contributed by atoms with Gasteiger partial charge < -0.3 is 14.9 Å². The minimum absolute atomic E-state index is 0.0803. The van der Waals surface area contributed by atoms with E-state index >= 15 is 0 Å². The van der Waals surface area contributed by atoms with Crippen molar-refractivity contribution in [1.82, 2.24) is 9.97 Å². The summed E-state index contributed by atoms with van der Waals surface area (Å²) in [5.74, 6) is -0.385. The van der Waals surface area contributed by atoms with Crippen molar-refractivity contribution in [2.24, 2.45) is 0 Å². The summed E-state index contributed by atoms with van der Waals surface area (Å²) in [5.41, 5.74) is 0.502. The Morgan fingerprint density at radius 1 is 1.22 bits per heavy atom. The van der Waals surface area contributed by atoms with Gasteiger partial charge in [0.2, 0.25) is 0 Å². The number of ether oxygens (including phenoxy) is 1. The van der Waals surface area contributed by atoms with Gasteiger partial charge in [0, 0.05) is 0 Å². The van der Waals surface area contributed by atoms with Gasteiger partial charge in [0.05, 0.1) is 18.0 Å². The second-order valence-corrected chi connectivity index (χ2v) is 3.44. The average molecular weight is 246 g/mol. The van der Waals surface area contributed by atoms with E-state index in [9.17, 15) is 9.90 Å². The van der Waals surface area contributed by atoms with Crippen molar-refractivity contribution < 1.29 is 19.7 Å². The van der Waals surface area contributed by atoms with Crippen LogP contribution in [0.15, 0.2) is 36.7 Å². The van der Waals surface area contributed by atoms with Gasteiger partial charge in [0.25, 0.3) is 0 Å². The third kappa shape index (κ3) is 2.73. The molecule has 0 saturated heterocycles. The quantitative estimate of drug-likeness (QED) is 0.845. The third-order valence-corrected chi connectivity index (χ3v) is 2.14. The minimum atomic E-state index is -1.07. The molecule has 1 heterocycles. The molecule has 0 saturated carbocycles. The van der Waals surface area contributed by atoms with E-state index in [1.54, 1.807) is 18.2 Å². The van der Waals surface area contributed by atoms with Gasteiger partial charge in [-0.25, -0.2) is 14.8 Å². The molecule has 0 spiro atoms. The standard InChI is InChI=1S/C12H10N2O4/c15-10-4-2-1-3-9(10)12-13-5-8(6-14-12)18-7-11(16)17/h1-6,15H,7H2,(H,16,17). The van der Waals surface area contributed by atoms with E-state index in [1.165, 1.54) is 18.5 Å². The topological polar surface area (TPSA) is 92.5 Å². The highest BCUT2D eigenvalue weighted by molar-refractivity contribution is 5.68. The van der Waals surface area contributed by atoms with E-state index < -0.39 is 12.6 Å². The highest BCUT2D eigenvalue weighted by atomic mass is 16.5. The highest BCUT2D eigenvalue weighted by Gasteiger charge is 2.07. The summed E-state index contributed by atoms with van der Waals surface area (Å²) in [6.45, 7) is -0.445.